The van der Waals surface area contributed by atoms with Crippen molar-refractivity contribution in [3.8, 4) is 0 Å². The highest BCUT2D eigenvalue weighted by molar-refractivity contribution is 5.79. The molecule has 1 aromatic heterocycles. The number of aromatic nitrogens is 2. The third kappa shape index (κ3) is 3.89. The van der Waals surface area contributed by atoms with E-state index in [9.17, 15) is 4.79 Å². The number of rotatable bonds is 5. The van der Waals surface area contributed by atoms with Crippen LogP contribution in [0.2, 0.25) is 0 Å². The number of hydrogen-bond donors (Lipinski definition) is 0. The third-order valence-corrected chi connectivity index (χ3v) is 6.23. The van der Waals surface area contributed by atoms with E-state index in [2.05, 4.69) is 33.8 Å². The second-order valence-electron chi connectivity index (χ2n) is 8.42. The fourth-order valence-electron chi connectivity index (χ4n) is 4.66. The van der Waals surface area contributed by atoms with Gasteiger partial charge in [-0.1, -0.05) is 43.7 Å². The molecule has 0 bridgehead atoms. The maximum Gasteiger partial charge on any atom is 0.223 e. The molecule has 5 heteroatoms. The Morgan fingerprint density at radius 2 is 1.89 bits per heavy atom. The van der Waals surface area contributed by atoms with Gasteiger partial charge in [0.25, 0.3) is 0 Å². The summed E-state index contributed by atoms with van der Waals surface area (Å²) in [6, 6.07) is 10.3. The van der Waals surface area contributed by atoms with Crippen LogP contribution in [0.4, 0.5) is 5.82 Å². The topological polar surface area (TPSA) is 49.3 Å². The number of aryl methyl sites for hydroxylation is 2. The predicted octanol–water partition coefficient (Wildman–Crippen LogP) is 3.76. The van der Waals surface area contributed by atoms with Crippen molar-refractivity contribution in [2.45, 2.75) is 52.5 Å². The Morgan fingerprint density at radius 1 is 1.14 bits per heavy atom. The summed E-state index contributed by atoms with van der Waals surface area (Å²) in [6.45, 7) is 7.72. The zero-order valence-electron chi connectivity index (χ0n) is 17.0. The van der Waals surface area contributed by atoms with Gasteiger partial charge >= 0.3 is 0 Å². The maximum absolute atomic E-state index is 12.7. The van der Waals surface area contributed by atoms with E-state index in [4.69, 9.17) is 4.98 Å². The minimum absolute atomic E-state index is 0.134. The molecule has 1 spiro atoms. The molecule has 2 saturated heterocycles. The van der Waals surface area contributed by atoms with Crippen molar-refractivity contribution in [3.05, 3.63) is 53.5 Å². The number of anilines is 1. The summed E-state index contributed by atoms with van der Waals surface area (Å²) in [4.78, 5) is 26.3. The Bertz CT molecular complexity index is 828. The molecule has 2 fully saturated rings. The lowest BCUT2D eigenvalue weighted by atomic mass is 9.77. The van der Waals surface area contributed by atoms with Gasteiger partial charge < -0.3 is 9.80 Å². The van der Waals surface area contributed by atoms with Crippen LogP contribution in [0.3, 0.4) is 0 Å². The lowest BCUT2D eigenvalue weighted by Crippen LogP contribution is -2.42. The molecule has 1 amide bonds. The van der Waals surface area contributed by atoms with Crippen LogP contribution < -0.4 is 4.90 Å². The van der Waals surface area contributed by atoms with Gasteiger partial charge in [-0.25, -0.2) is 9.97 Å². The van der Waals surface area contributed by atoms with Crippen molar-refractivity contribution in [2.75, 3.05) is 24.5 Å². The van der Waals surface area contributed by atoms with Gasteiger partial charge in [0.15, 0.2) is 0 Å². The van der Waals surface area contributed by atoms with Crippen LogP contribution in [0.25, 0.3) is 0 Å². The number of carbonyl (C=O) groups is 1. The highest BCUT2D eigenvalue weighted by Gasteiger charge is 2.45. The quantitative estimate of drug-likeness (QED) is 0.795. The van der Waals surface area contributed by atoms with Crippen LogP contribution in [0, 0.1) is 12.3 Å². The summed E-state index contributed by atoms with van der Waals surface area (Å²) in [5, 5.41) is 0. The van der Waals surface area contributed by atoms with Gasteiger partial charge in [-0.2, -0.15) is 0 Å². The Labute approximate surface area is 167 Å². The fraction of sp³-hybridized carbons (Fsp3) is 0.522. The zero-order chi connectivity index (χ0) is 19.6. The predicted molar refractivity (Wildman–Crippen MR) is 111 cm³/mol. The number of amides is 1. The van der Waals surface area contributed by atoms with Crippen LogP contribution in [-0.2, 0) is 17.8 Å². The van der Waals surface area contributed by atoms with Crippen LogP contribution in [0.1, 0.15) is 49.6 Å². The summed E-state index contributed by atoms with van der Waals surface area (Å²) in [5.74, 6) is 2.25. The van der Waals surface area contributed by atoms with E-state index < -0.39 is 0 Å². The van der Waals surface area contributed by atoms with Gasteiger partial charge in [0.2, 0.25) is 5.91 Å². The largest absolute Gasteiger partial charge is 0.356 e. The molecule has 0 unspecified atom stereocenters. The maximum atomic E-state index is 12.7. The third-order valence-electron chi connectivity index (χ3n) is 6.23. The Hall–Kier alpha value is -2.43. The van der Waals surface area contributed by atoms with E-state index >= 15 is 0 Å². The zero-order valence-corrected chi connectivity index (χ0v) is 17.0. The number of benzene rings is 1. The minimum Gasteiger partial charge on any atom is -0.356 e. The van der Waals surface area contributed by atoms with Gasteiger partial charge in [0, 0.05) is 49.8 Å². The van der Waals surface area contributed by atoms with Crippen molar-refractivity contribution in [1.82, 2.24) is 14.9 Å². The molecule has 2 aliphatic rings. The van der Waals surface area contributed by atoms with Gasteiger partial charge in [-0.05, 0) is 31.7 Å². The molecule has 0 aliphatic carbocycles. The standard InChI is InChI=1S/C23H30N4O/c1-3-7-20-15-24-18(2)25-22(20)26-12-10-23(11-13-26)14-21(28)27(17-23)16-19-8-5-4-6-9-19/h4-6,8-9,15H,3,7,10-14,16-17H2,1-2H3. The lowest BCUT2D eigenvalue weighted by molar-refractivity contribution is -0.128. The number of likely N-dealkylation sites (tertiary alicyclic amines) is 1. The van der Waals surface area contributed by atoms with Gasteiger partial charge in [-0.15, -0.1) is 0 Å². The van der Waals surface area contributed by atoms with E-state index in [1.807, 2.05) is 31.3 Å². The van der Waals surface area contributed by atoms with Crippen LogP contribution in [-0.4, -0.2) is 40.4 Å². The first kappa shape index (κ1) is 18.9. The molecule has 2 aliphatic heterocycles. The SMILES string of the molecule is CCCc1cnc(C)nc1N1CCC2(CC1)CC(=O)N(Cc1ccccc1)C2. The second kappa shape index (κ2) is 7.90. The van der Waals surface area contributed by atoms with Crippen molar-refractivity contribution in [3.63, 3.8) is 0 Å². The molecule has 5 nitrogen and oxygen atoms in total. The fourth-order valence-corrected chi connectivity index (χ4v) is 4.66. The normalized spacial score (nSPS) is 18.9. The number of nitrogens with zero attached hydrogens (tertiary/aromatic N) is 4. The van der Waals surface area contributed by atoms with Gasteiger partial charge in [-0.3, -0.25) is 4.79 Å². The molecule has 3 heterocycles. The van der Waals surface area contributed by atoms with Gasteiger partial charge in [0.05, 0.1) is 0 Å². The van der Waals surface area contributed by atoms with Crippen molar-refractivity contribution >= 4 is 11.7 Å². The number of carbonyl (C=O) groups excluding carboxylic acids is 1. The second-order valence-corrected chi connectivity index (χ2v) is 8.42. The average Bonchev–Trinajstić information content (AvgIpc) is 2.99. The molecule has 0 radical (unpaired) electrons. The van der Waals surface area contributed by atoms with E-state index in [-0.39, 0.29) is 5.41 Å². The molecule has 28 heavy (non-hydrogen) atoms. The molecule has 1 aromatic carbocycles. The Morgan fingerprint density at radius 3 is 2.61 bits per heavy atom. The number of piperidine rings is 1. The van der Waals surface area contributed by atoms with Crippen LogP contribution in [0.15, 0.2) is 36.5 Å². The molecule has 4 rings (SSSR count). The Kier molecular flexibility index (Phi) is 5.33. The average molecular weight is 379 g/mol. The molecule has 0 saturated carbocycles. The summed E-state index contributed by atoms with van der Waals surface area (Å²) in [7, 11) is 0. The van der Waals surface area contributed by atoms with E-state index in [1.54, 1.807) is 0 Å². The molecule has 2 aromatic rings. The Balaban J connectivity index is 1.43. The smallest absolute Gasteiger partial charge is 0.223 e. The molecular weight excluding hydrogens is 348 g/mol. The monoisotopic (exact) mass is 378 g/mol. The first-order valence-electron chi connectivity index (χ1n) is 10.5. The van der Waals surface area contributed by atoms with E-state index in [0.29, 0.717) is 12.3 Å². The summed E-state index contributed by atoms with van der Waals surface area (Å²) in [5.41, 5.74) is 2.60. The van der Waals surface area contributed by atoms with Crippen molar-refractivity contribution in [1.29, 1.82) is 0 Å². The highest BCUT2D eigenvalue weighted by Crippen LogP contribution is 2.42. The van der Waals surface area contributed by atoms with Crippen LogP contribution in [0.5, 0.6) is 0 Å². The van der Waals surface area contributed by atoms with Gasteiger partial charge in [0.1, 0.15) is 11.6 Å². The summed E-state index contributed by atoms with van der Waals surface area (Å²) >= 11 is 0. The molecule has 0 N–H and O–H groups in total. The minimum atomic E-state index is 0.134. The first-order valence-corrected chi connectivity index (χ1v) is 10.5. The van der Waals surface area contributed by atoms with E-state index in [1.165, 1.54) is 11.1 Å². The lowest BCUT2D eigenvalue weighted by Gasteiger charge is -2.40. The number of hydrogen-bond acceptors (Lipinski definition) is 4. The first-order chi connectivity index (χ1) is 13.6. The van der Waals surface area contributed by atoms with Crippen LogP contribution >= 0.6 is 0 Å². The summed E-state index contributed by atoms with van der Waals surface area (Å²) in [6.07, 6.45) is 6.91. The summed E-state index contributed by atoms with van der Waals surface area (Å²) < 4.78 is 0. The molecule has 148 valence electrons. The van der Waals surface area contributed by atoms with Crippen molar-refractivity contribution < 1.29 is 4.79 Å². The van der Waals surface area contributed by atoms with Crippen molar-refractivity contribution in [2.24, 2.45) is 5.41 Å². The molecule has 0 atom stereocenters. The van der Waals surface area contributed by atoms with E-state index in [0.717, 1.165) is 63.5 Å². The molecular formula is C23H30N4O. The highest BCUT2D eigenvalue weighted by atomic mass is 16.2.